The fourth-order valence-electron chi connectivity index (χ4n) is 9.32. The molecule has 0 saturated heterocycles. The second kappa shape index (κ2) is 30.3. The van der Waals surface area contributed by atoms with Gasteiger partial charge in [-0.1, -0.05) is 167 Å². The molecule has 6 aromatic carbocycles. The van der Waals surface area contributed by atoms with E-state index in [0.717, 1.165) is 61.4 Å². The number of nitrogens with zero attached hydrogens (tertiary/aromatic N) is 2. The van der Waals surface area contributed by atoms with Crippen molar-refractivity contribution in [1.29, 1.82) is 0 Å². The van der Waals surface area contributed by atoms with Crippen molar-refractivity contribution in [3.8, 4) is 23.0 Å². The molecule has 0 atom stereocenters. The second-order valence-electron chi connectivity index (χ2n) is 25.5. The number of ether oxygens (including phenoxy) is 4. The number of amides is 6. The molecule has 6 aromatic rings. The van der Waals surface area contributed by atoms with Gasteiger partial charge in [0.25, 0.3) is 11.8 Å². The van der Waals surface area contributed by atoms with Gasteiger partial charge in [0, 0.05) is 37.6 Å². The minimum absolute atomic E-state index is 0.106. The number of hydrogen-bond acceptors (Lipinski definition) is 12. The number of fused-ring (bicyclic) bond motifs is 8. The molecule has 6 amide bonds. The van der Waals surface area contributed by atoms with Crippen molar-refractivity contribution in [3.05, 3.63) is 131 Å². The first-order valence-electron chi connectivity index (χ1n) is 30.3. The number of nitrogens with one attached hydrogen (secondary N) is 4. The van der Waals surface area contributed by atoms with Gasteiger partial charge in [-0.25, -0.2) is 9.59 Å². The van der Waals surface area contributed by atoms with Gasteiger partial charge in [-0.05, 0) is 144 Å². The van der Waals surface area contributed by atoms with Crippen molar-refractivity contribution in [1.82, 2.24) is 20.4 Å². The fourth-order valence-corrected chi connectivity index (χ4v) is 14.1. The van der Waals surface area contributed by atoms with Crippen molar-refractivity contribution < 1.29 is 38.1 Å². The minimum Gasteiger partial charge on any atom is -0.489 e. The molecule has 8 bridgehead atoms. The highest BCUT2D eigenvalue weighted by Gasteiger charge is 2.32. The van der Waals surface area contributed by atoms with Crippen LogP contribution < -0.4 is 40.2 Å². The highest BCUT2D eigenvalue weighted by molar-refractivity contribution is 8.01. The maximum Gasteiger partial charge on any atom is 0.319 e. The lowest BCUT2D eigenvalue weighted by atomic mass is 9.87. The molecule has 472 valence electrons. The van der Waals surface area contributed by atoms with Gasteiger partial charge in [-0.15, -0.1) is 0 Å². The molecule has 18 heteroatoms. The number of likely N-dealkylation sites (N-methyl/N-ethyl adjacent to an activating group) is 2. The van der Waals surface area contributed by atoms with Gasteiger partial charge in [-0.3, -0.25) is 9.59 Å². The zero-order chi connectivity index (χ0) is 64.1. The first-order valence-corrected chi connectivity index (χ1v) is 33.6. The molecule has 1 heterocycles. The summed E-state index contributed by atoms with van der Waals surface area (Å²) in [6.07, 6.45) is 0. The van der Waals surface area contributed by atoms with E-state index in [4.69, 9.17) is 18.9 Å². The number of carbonyl (C=O) groups excluding carboxylic acids is 4. The van der Waals surface area contributed by atoms with E-state index in [0.29, 0.717) is 60.6 Å². The van der Waals surface area contributed by atoms with E-state index >= 15 is 0 Å². The Balaban J connectivity index is 1.53. The Morgan fingerprint density at radius 3 is 0.841 bits per heavy atom. The quantitative estimate of drug-likeness (QED) is 0.0536. The van der Waals surface area contributed by atoms with Crippen LogP contribution in [0.5, 0.6) is 23.0 Å². The highest BCUT2D eigenvalue weighted by Crippen LogP contribution is 2.56. The number of hydrogen-bond donors (Lipinski definition) is 4. The standard InChI is InChI=1S/C70H90N6O8S4/c1-17-75(18-2)59(77)43-83-63-55-39-47(69(11,12)13)40-56(63)86-52-36-46(68(8,9)10)38-54(62(52)82-34-32-72-66(80)74-50-29-25-22-26-30-50)88-58-42-48(70(14,15)16)41-57(64(58)84-44-60(78)76(19-3)20-4)87-53-37-45(67(5,6)7)35-51(85-55)61(53)81-33-31-71-65(79)73-49-27-23-21-24-28-49/h21-30,35-42H,17-20,31-34,43-44H2,1-16H3,(H2,71,73,79)(H2,72,74,80). The molecule has 1 aliphatic heterocycles. The number of para-hydroxylation sites is 2. The molecule has 4 N–H and O–H groups in total. The highest BCUT2D eigenvalue weighted by atomic mass is 32.2. The van der Waals surface area contributed by atoms with Gasteiger partial charge in [0.15, 0.2) is 13.2 Å². The fraction of sp³-hybridized carbons (Fsp3) is 0.429. The average molecular weight is 1270 g/mol. The second-order valence-corrected chi connectivity index (χ2v) is 29.9. The Bertz CT molecular complexity index is 3080. The normalized spacial score (nSPS) is 12.5. The van der Waals surface area contributed by atoms with Crippen LogP contribution in [0.3, 0.4) is 0 Å². The molecule has 0 radical (unpaired) electrons. The molecule has 0 fully saturated rings. The zero-order valence-corrected chi connectivity index (χ0v) is 57.5. The monoisotopic (exact) mass is 1270 g/mol. The number of anilines is 2. The van der Waals surface area contributed by atoms with Crippen LogP contribution in [0.15, 0.2) is 148 Å². The SMILES string of the molecule is CCN(CC)C(=O)COc1c2cc(C(C)(C)C)cc1Sc1cc(C(C)(C)C)cc(c1OCCNC(=O)Nc1ccccc1)Sc1cc(C(C)(C)C)cc(c1OCC(=O)N(CC)CC)Sc1cc(C(C)(C)C)cc(c1OCCNC(=O)Nc1ccccc1)S2. The summed E-state index contributed by atoms with van der Waals surface area (Å²) in [6.45, 7) is 36.3. The third-order valence-electron chi connectivity index (χ3n) is 14.7. The summed E-state index contributed by atoms with van der Waals surface area (Å²) >= 11 is 6.02. The van der Waals surface area contributed by atoms with Gasteiger partial charge < -0.3 is 50.0 Å². The summed E-state index contributed by atoms with van der Waals surface area (Å²) in [4.78, 5) is 64.6. The lowest BCUT2D eigenvalue weighted by molar-refractivity contribution is -0.133. The Morgan fingerprint density at radius 1 is 0.375 bits per heavy atom. The predicted molar refractivity (Wildman–Crippen MR) is 362 cm³/mol. The van der Waals surface area contributed by atoms with E-state index in [1.54, 1.807) is 9.80 Å². The predicted octanol–water partition coefficient (Wildman–Crippen LogP) is 16.7. The lowest BCUT2D eigenvalue weighted by Gasteiger charge is -2.29. The summed E-state index contributed by atoms with van der Waals surface area (Å²) in [6, 6.07) is 35.2. The van der Waals surface area contributed by atoms with Crippen LogP contribution in [-0.4, -0.2) is 99.4 Å². The van der Waals surface area contributed by atoms with E-state index in [1.807, 2.05) is 88.4 Å². The van der Waals surface area contributed by atoms with Crippen LogP contribution in [0.1, 0.15) is 133 Å². The number of carbonyl (C=O) groups is 4. The number of urea groups is 2. The summed E-state index contributed by atoms with van der Waals surface area (Å²) in [5.74, 6) is 1.89. The first kappa shape index (κ1) is 68.9. The van der Waals surface area contributed by atoms with E-state index in [2.05, 4.69) is 153 Å². The third kappa shape index (κ3) is 18.7. The molecule has 0 aromatic heterocycles. The molecule has 88 heavy (non-hydrogen) atoms. The van der Waals surface area contributed by atoms with Crippen molar-refractivity contribution in [2.45, 2.75) is 172 Å². The van der Waals surface area contributed by atoms with Crippen LogP contribution >= 0.6 is 47.0 Å². The molecular formula is C70H90N6O8S4. The molecule has 0 spiro atoms. The van der Waals surface area contributed by atoms with Crippen LogP contribution in [0.2, 0.25) is 0 Å². The Kier molecular flexibility index (Phi) is 23.7. The van der Waals surface area contributed by atoms with Gasteiger partial charge in [0.05, 0.1) is 52.3 Å². The Hall–Kier alpha value is -6.60. The molecule has 1 aliphatic rings. The van der Waals surface area contributed by atoms with E-state index in [-0.39, 0.29) is 85.1 Å². The molecular weight excluding hydrogens is 1180 g/mol. The van der Waals surface area contributed by atoms with Gasteiger partial charge >= 0.3 is 12.1 Å². The smallest absolute Gasteiger partial charge is 0.319 e. The van der Waals surface area contributed by atoms with Crippen molar-refractivity contribution >= 4 is 82.3 Å². The topological polar surface area (TPSA) is 160 Å². The molecule has 0 aliphatic carbocycles. The summed E-state index contributed by atoms with van der Waals surface area (Å²) in [5.41, 5.74) is 4.00. The van der Waals surface area contributed by atoms with Crippen molar-refractivity contribution in [2.24, 2.45) is 0 Å². The van der Waals surface area contributed by atoms with E-state index in [9.17, 15) is 19.2 Å². The molecule has 7 rings (SSSR count). The zero-order valence-electron chi connectivity index (χ0n) is 54.3. The van der Waals surface area contributed by atoms with E-state index < -0.39 is 0 Å². The van der Waals surface area contributed by atoms with Crippen molar-refractivity contribution in [3.63, 3.8) is 0 Å². The number of benzene rings is 6. The minimum atomic E-state index is -0.366. The van der Waals surface area contributed by atoms with Crippen LogP contribution in [-0.2, 0) is 31.2 Å². The summed E-state index contributed by atoms with van der Waals surface area (Å²) in [7, 11) is 0. The van der Waals surface area contributed by atoms with Gasteiger partial charge in [0.1, 0.15) is 36.2 Å². The van der Waals surface area contributed by atoms with Crippen LogP contribution in [0, 0.1) is 0 Å². The van der Waals surface area contributed by atoms with Crippen LogP contribution in [0.25, 0.3) is 0 Å². The molecule has 0 saturated carbocycles. The molecule has 14 nitrogen and oxygen atoms in total. The lowest BCUT2D eigenvalue weighted by Crippen LogP contribution is -2.34. The van der Waals surface area contributed by atoms with E-state index in [1.165, 1.54) is 47.0 Å². The molecule has 0 unspecified atom stereocenters. The summed E-state index contributed by atoms with van der Waals surface area (Å²) < 4.78 is 28.1. The largest absolute Gasteiger partial charge is 0.489 e. The Morgan fingerprint density at radius 2 is 0.614 bits per heavy atom. The first-order chi connectivity index (χ1) is 41.6. The van der Waals surface area contributed by atoms with Crippen LogP contribution in [0.4, 0.5) is 21.0 Å². The number of rotatable bonds is 20. The summed E-state index contributed by atoms with van der Waals surface area (Å²) in [5, 5.41) is 11.8. The maximum absolute atomic E-state index is 14.1. The third-order valence-corrected chi connectivity index (χ3v) is 18.9. The Labute approximate surface area is 539 Å². The average Bonchev–Trinajstić information content (AvgIpc) is 3.56. The van der Waals surface area contributed by atoms with Crippen molar-refractivity contribution in [2.75, 3.05) is 76.3 Å². The maximum atomic E-state index is 14.1. The van der Waals surface area contributed by atoms with Gasteiger partial charge in [0.2, 0.25) is 0 Å². The van der Waals surface area contributed by atoms with Gasteiger partial charge in [-0.2, -0.15) is 0 Å².